The normalized spacial score (nSPS) is 11.8. The summed E-state index contributed by atoms with van der Waals surface area (Å²) in [6, 6.07) is 10.2. The molecular formula is C15H21NO3. The SMILES string of the molecule is CC(CCc1ccccc1)NC(=O)CCCC(=O)O. The van der Waals surface area contributed by atoms with Crippen LogP contribution in [-0.2, 0) is 16.0 Å². The largest absolute Gasteiger partial charge is 0.481 e. The van der Waals surface area contributed by atoms with Crippen molar-refractivity contribution in [3.05, 3.63) is 35.9 Å². The average molecular weight is 263 g/mol. The van der Waals surface area contributed by atoms with E-state index in [2.05, 4.69) is 17.4 Å². The van der Waals surface area contributed by atoms with Gasteiger partial charge in [-0.25, -0.2) is 0 Å². The van der Waals surface area contributed by atoms with Crippen molar-refractivity contribution in [3.63, 3.8) is 0 Å². The number of hydrogen-bond acceptors (Lipinski definition) is 2. The summed E-state index contributed by atoms with van der Waals surface area (Å²) in [7, 11) is 0. The molecule has 1 atom stereocenters. The molecular weight excluding hydrogens is 242 g/mol. The maximum absolute atomic E-state index is 11.5. The predicted octanol–water partition coefficient (Wildman–Crippen LogP) is 2.38. The molecule has 0 radical (unpaired) electrons. The van der Waals surface area contributed by atoms with Crippen molar-refractivity contribution in [2.45, 2.75) is 45.1 Å². The fourth-order valence-electron chi connectivity index (χ4n) is 1.85. The van der Waals surface area contributed by atoms with Gasteiger partial charge in [0.15, 0.2) is 0 Å². The molecule has 0 saturated carbocycles. The van der Waals surface area contributed by atoms with E-state index in [9.17, 15) is 9.59 Å². The number of benzene rings is 1. The number of rotatable bonds is 8. The second-order valence-corrected chi connectivity index (χ2v) is 4.74. The molecule has 0 fully saturated rings. The van der Waals surface area contributed by atoms with Crippen molar-refractivity contribution in [1.82, 2.24) is 5.32 Å². The Morgan fingerprint density at radius 2 is 1.89 bits per heavy atom. The van der Waals surface area contributed by atoms with Gasteiger partial charge < -0.3 is 10.4 Å². The molecule has 0 aliphatic carbocycles. The van der Waals surface area contributed by atoms with E-state index in [-0.39, 0.29) is 24.8 Å². The highest BCUT2D eigenvalue weighted by atomic mass is 16.4. The molecule has 0 bridgehead atoms. The summed E-state index contributed by atoms with van der Waals surface area (Å²) in [5, 5.41) is 11.4. The molecule has 0 spiro atoms. The van der Waals surface area contributed by atoms with Crippen LogP contribution in [0.2, 0.25) is 0 Å². The van der Waals surface area contributed by atoms with Gasteiger partial charge in [0.05, 0.1) is 0 Å². The van der Waals surface area contributed by atoms with E-state index in [1.165, 1.54) is 5.56 Å². The van der Waals surface area contributed by atoms with Crippen LogP contribution in [-0.4, -0.2) is 23.0 Å². The molecule has 0 aliphatic heterocycles. The zero-order chi connectivity index (χ0) is 14.1. The Kier molecular flexibility index (Phi) is 6.64. The minimum atomic E-state index is -0.857. The molecule has 1 unspecified atom stereocenters. The number of hydrogen-bond donors (Lipinski definition) is 2. The quantitative estimate of drug-likeness (QED) is 0.756. The number of aryl methyl sites for hydroxylation is 1. The summed E-state index contributed by atoms with van der Waals surface area (Å²) in [6.07, 6.45) is 2.53. The first kappa shape index (κ1) is 15.2. The van der Waals surface area contributed by atoms with Crippen molar-refractivity contribution in [2.24, 2.45) is 0 Å². The Morgan fingerprint density at radius 1 is 1.21 bits per heavy atom. The first-order valence-electron chi connectivity index (χ1n) is 6.63. The molecule has 0 saturated heterocycles. The van der Waals surface area contributed by atoms with Gasteiger partial charge in [-0.2, -0.15) is 0 Å². The molecule has 0 aliphatic rings. The smallest absolute Gasteiger partial charge is 0.303 e. The molecule has 0 heterocycles. The summed E-state index contributed by atoms with van der Waals surface area (Å²) in [5.41, 5.74) is 1.26. The van der Waals surface area contributed by atoms with Gasteiger partial charge in [0, 0.05) is 18.9 Å². The van der Waals surface area contributed by atoms with Crippen LogP contribution in [0.25, 0.3) is 0 Å². The summed E-state index contributed by atoms with van der Waals surface area (Å²) < 4.78 is 0. The predicted molar refractivity (Wildman–Crippen MR) is 73.9 cm³/mol. The zero-order valence-corrected chi connectivity index (χ0v) is 11.3. The Balaban J connectivity index is 2.18. The standard InChI is InChI=1S/C15H21NO3/c1-12(10-11-13-6-3-2-4-7-13)16-14(17)8-5-9-15(18)19/h2-4,6-7,12H,5,8-11H2,1H3,(H,16,17)(H,18,19). The highest BCUT2D eigenvalue weighted by Gasteiger charge is 2.08. The van der Waals surface area contributed by atoms with Crippen molar-refractivity contribution in [3.8, 4) is 0 Å². The highest BCUT2D eigenvalue weighted by Crippen LogP contribution is 2.05. The molecule has 104 valence electrons. The second kappa shape index (κ2) is 8.29. The van der Waals surface area contributed by atoms with E-state index in [0.29, 0.717) is 6.42 Å². The van der Waals surface area contributed by atoms with E-state index in [0.717, 1.165) is 12.8 Å². The lowest BCUT2D eigenvalue weighted by molar-refractivity contribution is -0.137. The molecule has 4 nitrogen and oxygen atoms in total. The van der Waals surface area contributed by atoms with E-state index < -0.39 is 5.97 Å². The van der Waals surface area contributed by atoms with Gasteiger partial charge in [0.25, 0.3) is 0 Å². The lowest BCUT2D eigenvalue weighted by atomic mass is 10.1. The van der Waals surface area contributed by atoms with Gasteiger partial charge >= 0.3 is 5.97 Å². The first-order valence-corrected chi connectivity index (χ1v) is 6.63. The van der Waals surface area contributed by atoms with E-state index in [4.69, 9.17) is 5.11 Å². The lowest BCUT2D eigenvalue weighted by Gasteiger charge is -2.13. The Labute approximate surface area is 113 Å². The topological polar surface area (TPSA) is 66.4 Å². The van der Waals surface area contributed by atoms with Crippen LogP contribution in [0.1, 0.15) is 38.2 Å². The van der Waals surface area contributed by atoms with Gasteiger partial charge in [0.1, 0.15) is 0 Å². The third-order valence-electron chi connectivity index (χ3n) is 2.91. The van der Waals surface area contributed by atoms with Gasteiger partial charge in [-0.05, 0) is 31.7 Å². The summed E-state index contributed by atoms with van der Waals surface area (Å²) in [4.78, 5) is 21.9. The number of amides is 1. The number of carboxylic acid groups (broad SMARTS) is 1. The van der Waals surface area contributed by atoms with Crippen LogP contribution >= 0.6 is 0 Å². The second-order valence-electron chi connectivity index (χ2n) is 4.74. The van der Waals surface area contributed by atoms with Crippen LogP contribution in [0, 0.1) is 0 Å². The van der Waals surface area contributed by atoms with Crippen molar-refractivity contribution in [1.29, 1.82) is 0 Å². The van der Waals surface area contributed by atoms with Crippen LogP contribution in [0.15, 0.2) is 30.3 Å². The lowest BCUT2D eigenvalue weighted by Crippen LogP contribution is -2.32. The summed E-state index contributed by atoms with van der Waals surface area (Å²) in [6.45, 7) is 1.97. The number of nitrogens with one attached hydrogen (secondary N) is 1. The van der Waals surface area contributed by atoms with Crippen LogP contribution in [0.3, 0.4) is 0 Å². The monoisotopic (exact) mass is 263 g/mol. The molecule has 1 amide bonds. The number of carbonyl (C=O) groups is 2. The van der Waals surface area contributed by atoms with E-state index in [1.54, 1.807) is 0 Å². The van der Waals surface area contributed by atoms with Gasteiger partial charge in [-0.15, -0.1) is 0 Å². The fourth-order valence-corrected chi connectivity index (χ4v) is 1.85. The third kappa shape index (κ3) is 7.24. The minimum Gasteiger partial charge on any atom is -0.481 e. The Morgan fingerprint density at radius 3 is 2.53 bits per heavy atom. The molecule has 2 N–H and O–H groups in total. The summed E-state index contributed by atoms with van der Waals surface area (Å²) >= 11 is 0. The zero-order valence-electron chi connectivity index (χ0n) is 11.3. The van der Waals surface area contributed by atoms with Crippen molar-refractivity contribution < 1.29 is 14.7 Å². The van der Waals surface area contributed by atoms with Gasteiger partial charge in [-0.1, -0.05) is 30.3 Å². The van der Waals surface area contributed by atoms with E-state index >= 15 is 0 Å². The van der Waals surface area contributed by atoms with Gasteiger partial charge in [-0.3, -0.25) is 9.59 Å². The molecule has 19 heavy (non-hydrogen) atoms. The Hall–Kier alpha value is -1.84. The van der Waals surface area contributed by atoms with Crippen molar-refractivity contribution in [2.75, 3.05) is 0 Å². The molecule has 0 aromatic heterocycles. The highest BCUT2D eigenvalue weighted by molar-refractivity contribution is 5.77. The molecule has 1 aromatic carbocycles. The Bertz CT molecular complexity index is 403. The summed E-state index contributed by atoms with van der Waals surface area (Å²) in [5.74, 6) is -0.924. The van der Waals surface area contributed by atoms with Crippen LogP contribution in [0.5, 0.6) is 0 Å². The molecule has 4 heteroatoms. The van der Waals surface area contributed by atoms with E-state index in [1.807, 2.05) is 25.1 Å². The molecule has 1 rings (SSSR count). The van der Waals surface area contributed by atoms with Crippen LogP contribution in [0.4, 0.5) is 0 Å². The van der Waals surface area contributed by atoms with Crippen LogP contribution < -0.4 is 5.32 Å². The fraction of sp³-hybridized carbons (Fsp3) is 0.467. The number of carboxylic acids is 1. The van der Waals surface area contributed by atoms with Gasteiger partial charge in [0.2, 0.25) is 5.91 Å². The van der Waals surface area contributed by atoms with Crippen molar-refractivity contribution >= 4 is 11.9 Å². The maximum atomic E-state index is 11.5. The first-order chi connectivity index (χ1) is 9.08. The molecule has 1 aromatic rings. The number of aliphatic carboxylic acids is 1. The number of carbonyl (C=O) groups excluding carboxylic acids is 1. The average Bonchev–Trinajstić information content (AvgIpc) is 2.37. The minimum absolute atomic E-state index is 0.0474. The maximum Gasteiger partial charge on any atom is 0.303 e. The third-order valence-corrected chi connectivity index (χ3v) is 2.91.